The summed E-state index contributed by atoms with van der Waals surface area (Å²) in [6.07, 6.45) is 13.9. The largest absolute Gasteiger partial charge is 0.388 e. The van der Waals surface area contributed by atoms with Crippen LogP contribution in [0.15, 0.2) is 5.11 Å². The molecule has 1 rings (SSSR count). The topological polar surface area (TPSA) is 152 Å². The summed E-state index contributed by atoms with van der Waals surface area (Å²) in [6.45, 7) is 3.35. The maximum absolute atomic E-state index is 10.1. The molecule has 10 heteroatoms. The number of ether oxygens (including phenoxy) is 4. The number of hydrogen-bond acceptors (Lipinski definition) is 8. The summed E-state index contributed by atoms with van der Waals surface area (Å²) >= 11 is 0. The van der Waals surface area contributed by atoms with Crippen molar-refractivity contribution in [2.45, 2.75) is 134 Å². The number of nitrogens with two attached hydrogens (primary N) is 1. The maximum atomic E-state index is 10.1. The van der Waals surface area contributed by atoms with Gasteiger partial charge in [0.25, 0.3) is 0 Å². The molecule has 0 bridgehead atoms. The number of azide groups is 1. The molecular formula is C26H52N4O6. The molecule has 0 radical (unpaired) electrons. The Kier molecular flexibility index (Phi) is 20.3. The number of nitrogens with zero attached hydrogens (tertiary/aromatic N) is 3. The van der Waals surface area contributed by atoms with E-state index in [4.69, 9.17) is 30.2 Å². The first-order valence-electron chi connectivity index (χ1n) is 14.0. The highest BCUT2D eigenvalue weighted by molar-refractivity contribution is 4.92. The van der Waals surface area contributed by atoms with Gasteiger partial charge in [0.1, 0.15) is 18.3 Å². The molecule has 1 heterocycles. The third kappa shape index (κ3) is 14.7. The molecule has 0 amide bonds. The number of rotatable bonds is 23. The van der Waals surface area contributed by atoms with Crippen LogP contribution in [0.25, 0.3) is 10.4 Å². The third-order valence-electron chi connectivity index (χ3n) is 6.80. The van der Waals surface area contributed by atoms with Crippen LogP contribution in [-0.2, 0) is 18.9 Å². The first kappa shape index (κ1) is 33.1. The Morgan fingerprint density at radius 1 is 0.889 bits per heavy atom. The van der Waals surface area contributed by atoms with Crippen molar-refractivity contribution < 1.29 is 29.2 Å². The van der Waals surface area contributed by atoms with Crippen molar-refractivity contribution in [1.29, 1.82) is 0 Å². The minimum atomic E-state index is -1.25. The van der Waals surface area contributed by atoms with E-state index in [9.17, 15) is 10.2 Å². The Morgan fingerprint density at radius 3 is 1.97 bits per heavy atom. The monoisotopic (exact) mass is 516 g/mol. The standard InChI is InChI=1S/C26H52N4O6/c1-3-4-5-6-7-8-9-10-11-12-13-14-15-16-17-34-19-21(33-2)20-35-26-23(27)25(32)24(31)22(36-26)18-29-30-28/h21-26,31-32H,3-20,27H2,1-2H3/t21?,22?,23?,24-,25-,26-/m1/s1. The van der Waals surface area contributed by atoms with E-state index in [1.54, 1.807) is 7.11 Å². The SMILES string of the molecule is CCCCCCCCCCCCCCCCOCC(CO[C@@H]1OC(CN=[N+]=[N-])[C@@H](O)[C@H](O)C1N)OC. The molecule has 36 heavy (non-hydrogen) atoms. The molecule has 1 saturated heterocycles. The summed E-state index contributed by atoms with van der Waals surface area (Å²) in [5.41, 5.74) is 14.4. The highest BCUT2D eigenvalue weighted by Crippen LogP contribution is 2.21. The second-order valence-electron chi connectivity index (χ2n) is 9.88. The fourth-order valence-corrected chi connectivity index (χ4v) is 4.37. The number of aliphatic hydroxyl groups excluding tert-OH is 2. The molecule has 0 aliphatic carbocycles. The lowest BCUT2D eigenvalue weighted by atomic mass is 9.97. The van der Waals surface area contributed by atoms with E-state index in [1.807, 2.05) is 0 Å². The Labute approximate surface area is 217 Å². The molecule has 1 fully saturated rings. The summed E-state index contributed by atoms with van der Waals surface area (Å²) in [5.74, 6) is 0. The van der Waals surface area contributed by atoms with Crippen molar-refractivity contribution in [3.05, 3.63) is 10.4 Å². The smallest absolute Gasteiger partial charge is 0.175 e. The van der Waals surface area contributed by atoms with E-state index in [1.165, 1.54) is 83.5 Å². The van der Waals surface area contributed by atoms with Crippen LogP contribution in [0, 0.1) is 0 Å². The van der Waals surface area contributed by atoms with Crippen LogP contribution in [-0.4, -0.2) is 80.4 Å². The lowest BCUT2D eigenvalue weighted by Crippen LogP contribution is -2.62. The summed E-state index contributed by atoms with van der Waals surface area (Å²) in [5, 5.41) is 23.6. The fraction of sp³-hybridized carbons (Fsp3) is 1.00. The Bertz CT molecular complexity index is 567. The number of hydrogen-bond donors (Lipinski definition) is 3. The second kappa shape index (κ2) is 22.1. The van der Waals surface area contributed by atoms with Gasteiger partial charge in [-0.3, -0.25) is 0 Å². The number of aliphatic hydroxyl groups is 2. The number of methoxy groups -OCH3 is 1. The lowest BCUT2D eigenvalue weighted by molar-refractivity contribution is -0.263. The fourth-order valence-electron chi connectivity index (χ4n) is 4.37. The van der Waals surface area contributed by atoms with Gasteiger partial charge in [-0.25, -0.2) is 0 Å². The van der Waals surface area contributed by atoms with Gasteiger partial charge in [0.2, 0.25) is 0 Å². The molecule has 3 unspecified atom stereocenters. The molecule has 212 valence electrons. The van der Waals surface area contributed by atoms with Crippen LogP contribution >= 0.6 is 0 Å². The van der Waals surface area contributed by atoms with Crippen molar-refractivity contribution in [2.75, 3.05) is 33.5 Å². The third-order valence-corrected chi connectivity index (χ3v) is 6.80. The molecule has 6 atom stereocenters. The van der Waals surface area contributed by atoms with Gasteiger partial charge in [-0.05, 0) is 12.0 Å². The van der Waals surface area contributed by atoms with Gasteiger partial charge in [0, 0.05) is 18.6 Å². The summed E-state index contributed by atoms with van der Waals surface area (Å²) < 4.78 is 22.5. The average Bonchev–Trinajstić information content (AvgIpc) is 2.89. The van der Waals surface area contributed by atoms with E-state index in [-0.39, 0.29) is 19.3 Å². The molecule has 0 spiro atoms. The quantitative estimate of drug-likeness (QED) is 0.0776. The zero-order valence-electron chi connectivity index (χ0n) is 22.6. The van der Waals surface area contributed by atoms with E-state index in [0.717, 1.165) is 6.42 Å². The van der Waals surface area contributed by atoms with Crippen molar-refractivity contribution >= 4 is 0 Å². The van der Waals surface area contributed by atoms with Crippen molar-refractivity contribution in [3.8, 4) is 0 Å². The van der Waals surface area contributed by atoms with Gasteiger partial charge >= 0.3 is 0 Å². The normalized spacial score (nSPS) is 25.0. The predicted molar refractivity (Wildman–Crippen MR) is 141 cm³/mol. The van der Waals surface area contributed by atoms with E-state index < -0.39 is 30.6 Å². The minimum Gasteiger partial charge on any atom is -0.388 e. The first-order valence-corrected chi connectivity index (χ1v) is 14.0. The van der Waals surface area contributed by atoms with Crippen LogP contribution in [0.2, 0.25) is 0 Å². The van der Waals surface area contributed by atoms with Crippen LogP contribution in [0.3, 0.4) is 0 Å². The van der Waals surface area contributed by atoms with Crippen molar-refractivity contribution in [3.63, 3.8) is 0 Å². The van der Waals surface area contributed by atoms with Crippen molar-refractivity contribution in [1.82, 2.24) is 0 Å². The van der Waals surface area contributed by atoms with Crippen LogP contribution in [0.5, 0.6) is 0 Å². The van der Waals surface area contributed by atoms with E-state index in [0.29, 0.717) is 13.2 Å². The molecule has 0 aromatic heterocycles. The Hall–Kier alpha value is -0.970. The molecular weight excluding hydrogens is 464 g/mol. The average molecular weight is 517 g/mol. The molecule has 4 N–H and O–H groups in total. The predicted octanol–water partition coefficient (Wildman–Crippen LogP) is 4.60. The van der Waals surface area contributed by atoms with Crippen molar-refractivity contribution in [2.24, 2.45) is 10.8 Å². The minimum absolute atomic E-state index is 0.128. The van der Waals surface area contributed by atoms with Gasteiger partial charge in [0.15, 0.2) is 6.29 Å². The molecule has 0 saturated carbocycles. The first-order chi connectivity index (χ1) is 17.5. The Morgan fingerprint density at radius 2 is 1.44 bits per heavy atom. The zero-order chi connectivity index (χ0) is 26.4. The van der Waals surface area contributed by atoms with E-state index in [2.05, 4.69) is 16.9 Å². The second-order valence-corrected chi connectivity index (χ2v) is 9.88. The summed E-state index contributed by atoms with van der Waals surface area (Å²) in [4.78, 5) is 2.66. The summed E-state index contributed by atoms with van der Waals surface area (Å²) in [6, 6.07) is -0.934. The Balaban J connectivity index is 2.04. The summed E-state index contributed by atoms with van der Waals surface area (Å²) in [7, 11) is 1.58. The van der Waals surface area contributed by atoms with E-state index >= 15 is 0 Å². The van der Waals surface area contributed by atoms with Crippen LogP contribution in [0.4, 0.5) is 0 Å². The molecule has 0 aromatic rings. The van der Waals surface area contributed by atoms with Crippen LogP contribution < -0.4 is 5.73 Å². The number of unbranched alkanes of at least 4 members (excludes halogenated alkanes) is 13. The van der Waals surface area contributed by atoms with Gasteiger partial charge in [-0.2, -0.15) is 0 Å². The molecule has 1 aliphatic heterocycles. The van der Waals surface area contributed by atoms with Gasteiger partial charge in [-0.15, -0.1) is 0 Å². The van der Waals surface area contributed by atoms with Crippen LogP contribution in [0.1, 0.15) is 96.8 Å². The lowest BCUT2D eigenvalue weighted by Gasteiger charge is -2.40. The van der Waals surface area contributed by atoms with Gasteiger partial charge in [0.05, 0.1) is 31.9 Å². The molecule has 10 nitrogen and oxygen atoms in total. The highest BCUT2D eigenvalue weighted by Gasteiger charge is 2.43. The molecule has 1 aliphatic rings. The van der Waals surface area contributed by atoms with Gasteiger partial charge in [-0.1, -0.05) is 95.5 Å². The zero-order valence-corrected chi connectivity index (χ0v) is 22.6. The van der Waals surface area contributed by atoms with Gasteiger partial charge < -0.3 is 34.9 Å². The maximum Gasteiger partial charge on any atom is 0.175 e. The molecule has 0 aromatic carbocycles. The highest BCUT2D eigenvalue weighted by atomic mass is 16.7.